The topological polar surface area (TPSA) is 63.3 Å². The summed E-state index contributed by atoms with van der Waals surface area (Å²) in [5.41, 5.74) is 6.42. The van der Waals surface area contributed by atoms with Gasteiger partial charge in [0.1, 0.15) is 5.60 Å². The van der Waals surface area contributed by atoms with Crippen LogP contribution in [0.3, 0.4) is 0 Å². The molecule has 0 bridgehead atoms. The molecule has 1 aromatic carbocycles. The van der Waals surface area contributed by atoms with Crippen molar-refractivity contribution in [2.45, 2.75) is 83.7 Å². The highest BCUT2D eigenvalue weighted by Gasteiger charge is 2.26. The second kappa shape index (κ2) is 10.4. The zero-order valence-electron chi connectivity index (χ0n) is 14.8. The highest BCUT2D eigenvalue weighted by Crippen LogP contribution is 2.16. The normalized spacial score (nSPS) is 13.7. The quantitative estimate of drug-likeness (QED) is 0.568. The van der Waals surface area contributed by atoms with Crippen molar-refractivity contribution in [3.05, 3.63) is 35.4 Å². The highest BCUT2D eigenvalue weighted by molar-refractivity contribution is 5.82. The number of benzene rings is 1. The van der Waals surface area contributed by atoms with Crippen LogP contribution >= 0.6 is 0 Å². The standard InChI is InChI=1S/C20H33NO2/c1-3-4-5-6-7-8-10-17-12-14-18(15-13-17)11-9-16-20(2,23)19(21)22/h12-15,23H,3-11,16H2,1-2H3,(H2,21,22). The van der Waals surface area contributed by atoms with Crippen molar-refractivity contribution in [2.24, 2.45) is 5.73 Å². The fraction of sp³-hybridized carbons (Fsp3) is 0.650. The van der Waals surface area contributed by atoms with Crippen molar-refractivity contribution >= 4 is 5.91 Å². The number of amides is 1. The minimum Gasteiger partial charge on any atom is -0.380 e. The molecule has 3 N–H and O–H groups in total. The summed E-state index contributed by atoms with van der Waals surface area (Å²) in [7, 11) is 0. The van der Waals surface area contributed by atoms with Crippen LogP contribution < -0.4 is 5.73 Å². The van der Waals surface area contributed by atoms with Crippen LogP contribution in [0.1, 0.15) is 76.3 Å². The van der Waals surface area contributed by atoms with Gasteiger partial charge in [-0.2, -0.15) is 0 Å². The van der Waals surface area contributed by atoms with Gasteiger partial charge >= 0.3 is 0 Å². The Labute approximate surface area is 141 Å². The molecule has 0 aliphatic rings. The van der Waals surface area contributed by atoms with Crippen LogP contribution in [0, 0.1) is 0 Å². The van der Waals surface area contributed by atoms with E-state index in [0.717, 1.165) is 19.3 Å². The zero-order chi connectivity index (χ0) is 17.1. The summed E-state index contributed by atoms with van der Waals surface area (Å²) >= 11 is 0. The molecule has 1 amide bonds. The number of aryl methyl sites for hydroxylation is 2. The van der Waals surface area contributed by atoms with Crippen LogP contribution in [0.25, 0.3) is 0 Å². The third-order valence-electron chi connectivity index (χ3n) is 4.50. The van der Waals surface area contributed by atoms with Crippen LogP contribution in [0.15, 0.2) is 24.3 Å². The molecule has 0 spiro atoms. The van der Waals surface area contributed by atoms with Gasteiger partial charge in [0.05, 0.1) is 0 Å². The number of rotatable bonds is 12. The van der Waals surface area contributed by atoms with Crippen LogP contribution in [0.2, 0.25) is 0 Å². The number of primary amides is 1. The van der Waals surface area contributed by atoms with Crippen LogP contribution in [0.4, 0.5) is 0 Å². The average Bonchev–Trinajstić information content (AvgIpc) is 2.52. The Morgan fingerprint density at radius 3 is 1.96 bits per heavy atom. The first kappa shape index (κ1) is 19.7. The molecule has 3 nitrogen and oxygen atoms in total. The second-order valence-electron chi connectivity index (χ2n) is 6.83. The maximum absolute atomic E-state index is 11.1. The number of hydrogen-bond donors (Lipinski definition) is 2. The molecule has 0 radical (unpaired) electrons. The fourth-order valence-corrected chi connectivity index (χ4v) is 2.74. The van der Waals surface area contributed by atoms with E-state index >= 15 is 0 Å². The molecule has 1 rings (SSSR count). The van der Waals surface area contributed by atoms with Gasteiger partial charge in [-0.25, -0.2) is 0 Å². The number of aliphatic hydroxyl groups is 1. The molecule has 0 saturated carbocycles. The first-order chi connectivity index (χ1) is 11.0. The van der Waals surface area contributed by atoms with Crippen LogP contribution in [-0.4, -0.2) is 16.6 Å². The second-order valence-corrected chi connectivity index (χ2v) is 6.83. The number of carbonyl (C=O) groups excluding carboxylic acids is 1. The monoisotopic (exact) mass is 319 g/mol. The van der Waals surface area contributed by atoms with Crippen molar-refractivity contribution in [3.8, 4) is 0 Å². The summed E-state index contributed by atoms with van der Waals surface area (Å²) in [5, 5.41) is 9.81. The molecule has 0 aromatic heterocycles. The van der Waals surface area contributed by atoms with Gasteiger partial charge in [-0.3, -0.25) is 4.79 Å². The van der Waals surface area contributed by atoms with Gasteiger partial charge in [-0.05, 0) is 50.2 Å². The number of unbranched alkanes of at least 4 members (excludes halogenated alkanes) is 5. The van der Waals surface area contributed by atoms with Gasteiger partial charge < -0.3 is 10.8 Å². The summed E-state index contributed by atoms with van der Waals surface area (Å²) < 4.78 is 0. The van der Waals surface area contributed by atoms with E-state index in [1.54, 1.807) is 0 Å². The fourth-order valence-electron chi connectivity index (χ4n) is 2.74. The van der Waals surface area contributed by atoms with Crippen molar-refractivity contribution in [1.29, 1.82) is 0 Å². The molecular formula is C20H33NO2. The third-order valence-corrected chi connectivity index (χ3v) is 4.50. The zero-order valence-corrected chi connectivity index (χ0v) is 14.8. The van der Waals surface area contributed by atoms with Gasteiger partial charge in [0.15, 0.2) is 0 Å². The molecule has 1 unspecified atom stereocenters. The summed E-state index contributed by atoms with van der Waals surface area (Å²) in [6.07, 6.45) is 11.1. The first-order valence-corrected chi connectivity index (χ1v) is 9.06. The number of carbonyl (C=O) groups is 1. The number of nitrogens with two attached hydrogens (primary N) is 1. The van der Waals surface area contributed by atoms with E-state index in [2.05, 4.69) is 31.2 Å². The molecule has 0 saturated heterocycles. The molecule has 3 heteroatoms. The van der Waals surface area contributed by atoms with E-state index in [-0.39, 0.29) is 0 Å². The Bertz CT molecular complexity index is 451. The molecule has 0 fully saturated rings. The van der Waals surface area contributed by atoms with Gasteiger partial charge in [0.25, 0.3) is 0 Å². The Morgan fingerprint density at radius 2 is 1.43 bits per heavy atom. The van der Waals surface area contributed by atoms with E-state index in [0.29, 0.717) is 6.42 Å². The number of hydrogen-bond acceptors (Lipinski definition) is 2. The minimum absolute atomic E-state index is 0.405. The molecular weight excluding hydrogens is 286 g/mol. The van der Waals surface area contributed by atoms with E-state index in [4.69, 9.17) is 5.73 Å². The van der Waals surface area contributed by atoms with Gasteiger partial charge in [-0.1, -0.05) is 63.3 Å². The van der Waals surface area contributed by atoms with Crippen molar-refractivity contribution in [1.82, 2.24) is 0 Å². The summed E-state index contributed by atoms with van der Waals surface area (Å²) in [6.45, 7) is 3.73. The maximum atomic E-state index is 11.1. The molecule has 23 heavy (non-hydrogen) atoms. The van der Waals surface area contributed by atoms with Crippen molar-refractivity contribution in [2.75, 3.05) is 0 Å². The summed E-state index contributed by atoms with van der Waals surface area (Å²) in [6, 6.07) is 8.72. The smallest absolute Gasteiger partial charge is 0.249 e. The van der Waals surface area contributed by atoms with Crippen molar-refractivity contribution < 1.29 is 9.90 Å². The lowest BCUT2D eigenvalue weighted by molar-refractivity contribution is -0.135. The molecule has 130 valence electrons. The SMILES string of the molecule is CCCCCCCCc1ccc(CCCC(C)(O)C(N)=O)cc1. The molecule has 0 aliphatic carbocycles. The van der Waals surface area contributed by atoms with Crippen molar-refractivity contribution in [3.63, 3.8) is 0 Å². The van der Waals surface area contributed by atoms with E-state index in [9.17, 15) is 9.90 Å². The Morgan fingerprint density at radius 1 is 0.957 bits per heavy atom. The van der Waals surface area contributed by atoms with E-state index < -0.39 is 11.5 Å². The van der Waals surface area contributed by atoms with E-state index in [1.807, 2.05) is 0 Å². The largest absolute Gasteiger partial charge is 0.380 e. The molecule has 1 atom stereocenters. The average molecular weight is 319 g/mol. The third kappa shape index (κ3) is 8.17. The van der Waals surface area contributed by atoms with Gasteiger partial charge in [0, 0.05) is 0 Å². The summed E-state index contributed by atoms with van der Waals surface area (Å²) in [5.74, 6) is -0.646. The maximum Gasteiger partial charge on any atom is 0.249 e. The minimum atomic E-state index is -1.39. The van der Waals surface area contributed by atoms with Gasteiger partial charge in [-0.15, -0.1) is 0 Å². The van der Waals surface area contributed by atoms with Crippen LogP contribution in [0.5, 0.6) is 0 Å². The lowest BCUT2D eigenvalue weighted by Crippen LogP contribution is -2.40. The lowest BCUT2D eigenvalue weighted by Gasteiger charge is -2.18. The lowest BCUT2D eigenvalue weighted by atomic mass is 9.96. The van der Waals surface area contributed by atoms with Gasteiger partial charge in [0.2, 0.25) is 5.91 Å². The Hall–Kier alpha value is -1.35. The molecule has 0 aliphatic heterocycles. The predicted octanol–water partition coefficient (Wildman–Crippen LogP) is 4.15. The summed E-state index contributed by atoms with van der Waals surface area (Å²) in [4.78, 5) is 11.1. The predicted molar refractivity (Wildman–Crippen MR) is 96.3 cm³/mol. The Kier molecular flexibility index (Phi) is 8.93. The Balaban J connectivity index is 2.24. The van der Waals surface area contributed by atoms with Crippen LogP contribution in [-0.2, 0) is 17.6 Å². The molecule has 1 aromatic rings. The molecule has 0 heterocycles. The highest BCUT2D eigenvalue weighted by atomic mass is 16.3. The first-order valence-electron chi connectivity index (χ1n) is 9.06. The van der Waals surface area contributed by atoms with E-state index in [1.165, 1.54) is 56.6 Å².